The molecule has 3 saturated carbocycles. The van der Waals surface area contributed by atoms with E-state index in [4.69, 9.17) is 12.2 Å². The van der Waals surface area contributed by atoms with E-state index in [9.17, 15) is 4.79 Å². The predicted molar refractivity (Wildman–Crippen MR) is 122 cm³/mol. The largest absolute Gasteiger partial charge is 0.338 e. The zero-order valence-electron chi connectivity index (χ0n) is 18.3. The molecule has 1 heterocycles. The third kappa shape index (κ3) is 2.83. The molecule has 1 amide bonds. The van der Waals surface area contributed by atoms with Crippen molar-refractivity contribution in [2.45, 2.75) is 71.3 Å². The summed E-state index contributed by atoms with van der Waals surface area (Å²) in [5.41, 5.74) is 1.91. The number of allylic oxidation sites excluding steroid dienone is 3. The molecular formula is C26H36NOS+. The third-order valence-electron chi connectivity index (χ3n) is 9.88. The Kier molecular flexibility index (Phi) is 4.61. The summed E-state index contributed by atoms with van der Waals surface area (Å²) in [6.07, 6.45) is 21.0. The molecule has 0 aromatic rings. The van der Waals surface area contributed by atoms with Gasteiger partial charge in [-0.1, -0.05) is 56.8 Å². The van der Waals surface area contributed by atoms with Gasteiger partial charge in [0.15, 0.2) is 0 Å². The first-order valence-electron chi connectivity index (χ1n) is 11.8. The molecule has 156 valence electrons. The van der Waals surface area contributed by atoms with Gasteiger partial charge in [0.05, 0.1) is 7.05 Å². The van der Waals surface area contributed by atoms with Crippen molar-refractivity contribution in [2.24, 2.45) is 28.6 Å². The Labute approximate surface area is 181 Å². The molecule has 0 radical (unpaired) electrons. The van der Waals surface area contributed by atoms with E-state index in [2.05, 4.69) is 45.2 Å². The quantitative estimate of drug-likeness (QED) is 0.423. The van der Waals surface area contributed by atoms with E-state index in [0.29, 0.717) is 15.9 Å². The predicted octanol–water partition coefficient (Wildman–Crippen LogP) is 5.79. The van der Waals surface area contributed by atoms with Crippen molar-refractivity contribution in [1.29, 1.82) is 0 Å². The summed E-state index contributed by atoms with van der Waals surface area (Å²) in [5, 5.41) is 0. The highest BCUT2D eigenvalue weighted by Gasteiger charge is 2.62. The lowest BCUT2D eigenvalue weighted by Gasteiger charge is -2.60. The molecule has 1 aliphatic heterocycles. The summed E-state index contributed by atoms with van der Waals surface area (Å²) in [6.45, 7) is 5.81. The molecule has 2 nitrogen and oxygen atoms in total. The van der Waals surface area contributed by atoms with Crippen LogP contribution in [0.3, 0.4) is 0 Å². The number of thiocarbonyl (C=S) groups is 1. The van der Waals surface area contributed by atoms with Crippen LogP contribution in [0.4, 0.5) is 0 Å². The highest BCUT2D eigenvalue weighted by molar-refractivity contribution is 7.80. The summed E-state index contributed by atoms with van der Waals surface area (Å²) in [4.78, 5) is 14.3. The minimum absolute atomic E-state index is 0.127. The molecule has 0 saturated heterocycles. The van der Waals surface area contributed by atoms with Crippen LogP contribution < -0.4 is 0 Å². The molecule has 3 fully saturated rings. The lowest BCUT2D eigenvalue weighted by atomic mass is 9.48. The average molecular weight is 411 g/mol. The Morgan fingerprint density at radius 3 is 2.76 bits per heavy atom. The van der Waals surface area contributed by atoms with Crippen molar-refractivity contribution in [3.05, 3.63) is 36.0 Å². The summed E-state index contributed by atoms with van der Waals surface area (Å²) in [5.74, 6) is 2.75. The zero-order valence-corrected chi connectivity index (χ0v) is 19.1. The SMILES string of the molecule is C[C@@]12CCC[C@H]1[C@@H]1CC[C@@H]3[C@](C)(C=CC(=O)[N+]3(C)CC3=CC=CCC3=S)[C@H]1CC2. The van der Waals surface area contributed by atoms with Crippen LogP contribution in [0.2, 0.25) is 0 Å². The van der Waals surface area contributed by atoms with E-state index in [0.717, 1.165) is 35.6 Å². The number of hydrogen-bond acceptors (Lipinski definition) is 2. The van der Waals surface area contributed by atoms with Gasteiger partial charge in [-0.3, -0.25) is 4.48 Å². The van der Waals surface area contributed by atoms with Gasteiger partial charge >= 0.3 is 5.91 Å². The van der Waals surface area contributed by atoms with Gasteiger partial charge in [0.25, 0.3) is 0 Å². The van der Waals surface area contributed by atoms with Crippen molar-refractivity contribution < 1.29 is 9.28 Å². The number of fused-ring (bicyclic) bond motifs is 5. The Morgan fingerprint density at radius 2 is 1.97 bits per heavy atom. The van der Waals surface area contributed by atoms with Crippen LogP contribution in [0.1, 0.15) is 65.2 Å². The van der Waals surface area contributed by atoms with Crippen molar-refractivity contribution >= 4 is 23.0 Å². The number of nitrogens with zero attached hydrogens (tertiary/aromatic N) is 1. The second kappa shape index (κ2) is 6.72. The molecule has 0 N–H and O–H groups in total. The molecule has 5 aliphatic rings. The highest BCUT2D eigenvalue weighted by Crippen LogP contribution is 2.64. The summed E-state index contributed by atoms with van der Waals surface area (Å²) < 4.78 is 0.512. The fourth-order valence-corrected chi connectivity index (χ4v) is 8.57. The highest BCUT2D eigenvalue weighted by atomic mass is 32.1. The van der Waals surface area contributed by atoms with Gasteiger partial charge in [0, 0.05) is 34.8 Å². The first-order chi connectivity index (χ1) is 13.8. The molecule has 7 atom stereocenters. The van der Waals surface area contributed by atoms with E-state index in [1.54, 1.807) is 0 Å². The number of carbonyl (C=O) groups is 1. The lowest BCUT2D eigenvalue weighted by Crippen LogP contribution is -2.68. The van der Waals surface area contributed by atoms with Crippen LogP contribution in [0.5, 0.6) is 0 Å². The van der Waals surface area contributed by atoms with Crippen LogP contribution in [0, 0.1) is 28.6 Å². The maximum atomic E-state index is 13.3. The Bertz CT molecular complexity index is 840. The zero-order chi connectivity index (χ0) is 20.4. The minimum Gasteiger partial charge on any atom is -0.252 e. The maximum absolute atomic E-state index is 13.3. The van der Waals surface area contributed by atoms with Gasteiger partial charge in [0.1, 0.15) is 12.6 Å². The molecule has 0 aromatic heterocycles. The second-order valence-corrected chi connectivity index (χ2v) is 11.8. The van der Waals surface area contributed by atoms with Crippen molar-refractivity contribution in [3.8, 4) is 0 Å². The number of hydrogen-bond donors (Lipinski definition) is 0. The Balaban J connectivity index is 1.49. The molecule has 1 unspecified atom stereocenters. The van der Waals surface area contributed by atoms with Gasteiger partial charge in [-0.25, -0.2) is 4.79 Å². The van der Waals surface area contributed by atoms with Crippen molar-refractivity contribution in [2.75, 3.05) is 13.6 Å². The third-order valence-corrected chi connectivity index (χ3v) is 10.3. The number of amides is 1. The number of carbonyl (C=O) groups excluding carboxylic acids is 1. The lowest BCUT2D eigenvalue weighted by molar-refractivity contribution is -0.864. The van der Waals surface area contributed by atoms with E-state index in [1.807, 2.05) is 6.08 Å². The average Bonchev–Trinajstić information content (AvgIpc) is 3.09. The van der Waals surface area contributed by atoms with Crippen molar-refractivity contribution in [3.63, 3.8) is 0 Å². The van der Waals surface area contributed by atoms with E-state index >= 15 is 0 Å². The summed E-state index contributed by atoms with van der Waals surface area (Å²) in [7, 11) is 2.19. The molecule has 3 heteroatoms. The molecule has 29 heavy (non-hydrogen) atoms. The molecule has 0 bridgehead atoms. The molecule has 5 rings (SSSR count). The molecule has 4 aliphatic carbocycles. The van der Waals surface area contributed by atoms with Gasteiger partial charge in [-0.15, -0.1) is 0 Å². The van der Waals surface area contributed by atoms with Crippen LogP contribution >= 0.6 is 12.2 Å². The summed E-state index contributed by atoms with van der Waals surface area (Å²) >= 11 is 5.66. The van der Waals surface area contributed by atoms with Gasteiger partial charge in [-0.2, -0.15) is 0 Å². The standard InChI is InChI=1S/C26H36NOS/c1-25-14-6-8-20(25)19-10-11-23-26(2,21(19)12-15-25)16-13-24(28)27(23,3)17-18-7-4-5-9-22(18)29/h4-5,7,13,16,19-21,23H,6,8-12,14-15,17H2,1-3H3/q+1/t19-,20-,21-,23+,25-,26+,27?/m0/s1. The first-order valence-corrected chi connectivity index (χ1v) is 12.2. The maximum Gasteiger partial charge on any atom is 0.338 e. The molecule has 0 aromatic carbocycles. The topological polar surface area (TPSA) is 17.1 Å². The van der Waals surface area contributed by atoms with Crippen molar-refractivity contribution in [1.82, 2.24) is 0 Å². The van der Waals surface area contributed by atoms with E-state index < -0.39 is 0 Å². The number of quaternary nitrogens is 1. The normalized spacial score (nSPS) is 48.7. The van der Waals surface area contributed by atoms with Crippen LogP contribution in [-0.2, 0) is 4.79 Å². The number of likely N-dealkylation sites (N-methyl/N-ethyl adjacent to an activating group) is 1. The fraction of sp³-hybridized carbons (Fsp3) is 0.692. The van der Waals surface area contributed by atoms with E-state index in [1.165, 1.54) is 50.5 Å². The summed E-state index contributed by atoms with van der Waals surface area (Å²) in [6, 6.07) is 0.376. The van der Waals surface area contributed by atoms with Gasteiger partial charge in [-0.05, 0) is 55.3 Å². The van der Waals surface area contributed by atoms with E-state index in [-0.39, 0.29) is 11.3 Å². The monoisotopic (exact) mass is 410 g/mol. The second-order valence-electron chi connectivity index (χ2n) is 11.3. The van der Waals surface area contributed by atoms with Crippen LogP contribution in [-0.4, -0.2) is 34.9 Å². The number of rotatable bonds is 2. The van der Waals surface area contributed by atoms with Crippen LogP contribution in [0.15, 0.2) is 36.0 Å². The Morgan fingerprint density at radius 1 is 1.14 bits per heavy atom. The fourth-order valence-electron chi connectivity index (χ4n) is 8.34. The first kappa shape index (κ1) is 19.9. The smallest absolute Gasteiger partial charge is 0.252 e. The van der Waals surface area contributed by atoms with Gasteiger partial charge < -0.3 is 0 Å². The van der Waals surface area contributed by atoms with Gasteiger partial charge in [0.2, 0.25) is 0 Å². The van der Waals surface area contributed by atoms with Crippen LogP contribution in [0.25, 0.3) is 0 Å². The molecule has 0 spiro atoms. The Hall–Kier alpha value is -1.06. The molecular weight excluding hydrogens is 374 g/mol. The minimum atomic E-state index is 0.127.